The van der Waals surface area contributed by atoms with E-state index >= 15 is 0 Å². The maximum Gasteiger partial charge on any atom is 0.269 e. The highest BCUT2D eigenvalue weighted by atomic mass is 16.6. The van der Waals surface area contributed by atoms with Crippen molar-refractivity contribution < 1.29 is 4.92 Å². The summed E-state index contributed by atoms with van der Waals surface area (Å²) in [5.41, 5.74) is 3.19. The molecule has 0 atom stereocenters. The van der Waals surface area contributed by atoms with Crippen LogP contribution in [0.15, 0.2) is 48.5 Å². The molecule has 5 nitrogen and oxygen atoms in total. The van der Waals surface area contributed by atoms with Gasteiger partial charge in [-0.1, -0.05) is 38.1 Å². The first-order valence-corrected chi connectivity index (χ1v) is 6.83. The van der Waals surface area contributed by atoms with Gasteiger partial charge in [-0.2, -0.15) is 0 Å². The average Bonchev–Trinajstić information content (AvgIpc) is 2.47. The van der Waals surface area contributed by atoms with Crippen molar-refractivity contribution in [2.24, 2.45) is 5.84 Å². The second kappa shape index (κ2) is 6.37. The number of nitrogens with zero attached hydrogens (tertiary/aromatic N) is 2. The lowest BCUT2D eigenvalue weighted by Gasteiger charge is -2.19. The Hall–Kier alpha value is -2.40. The van der Waals surface area contributed by atoms with Gasteiger partial charge in [-0.25, -0.2) is 5.84 Å². The number of hydrogen-bond acceptors (Lipinski definition) is 4. The molecule has 2 N–H and O–H groups in total. The lowest BCUT2D eigenvalue weighted by molar-refractivity contribution is -0.384. The fraction of sp³-hybridized carbons (Fsp3) is 0.250. The maximum atomic E-state index is 10.6. The molecule has 0 amide bonds. The summed E-state index contributed by atoms with van der Waals surface area (Å²) in [4.78, 5) is 10.2. The SMILES string of the molecule is CC(C)c1ccc(N(N)Cc2ccc([N+](=O)[O-])cc2)cc1. The summed E-state index contributed by atoms with van der Waals surface area (Å²) in [6.45, 7) is 4.79. The Bertz CT molecular complexity index is 606. The molecule has 0 bridgehead atoms. The highest BCUT2D eigenvalue weighted by molar-refractivity contribution is 5.47. The first kappa shape index (κ1) is 15.0. The van der Waals surface area contributed by atoms with Gasteiger partial charge >= 0.3 is 0 Å². The van der Waals surface area contributed by atoms with Gasteiger partial charge in [-0.15, -0.1) is 0 Å². The number of anilines is 1. The van der Waals surface area contributed by atoms with Gasteiger partial charge in [0.2, 0.25) is 0 Å². The first-order valence-electron chi connectivity index (χ1n) is 6.83. The molecule has 0 aliphatic carbocycles. The molecule has 2 rings (SSSR count). The van der Waals surface area contributed by atoms with E-state index in [4.69, 9.17) is 5.84 Å². The van der Waals surface area contributed by atoms with Crippen LogP contribution in [0.1, 0.15) is 30.9 Å². The second-order valence-electron chi connectivity index (χ2n) is 5.30. The quantitative estimate of drug-likeness (QED) is 0.517. The van der Waals surface area contributed by atoms with Crippen LogP contribution in [-0.2, 0) is 6.54 Å². The largest absolute Gasteiger partial charge is 0.307 e. The summed E-state index contributed by atoms with van der Waals surface area (Å²) in [6.07, 6.45) is 0. The number of nitro benzene ring substituents is 1. The zero-order chi connectivity index (χ0) is 15.4. The molecule has 5 heteroatoms. The molecule has 110 valence electrons. The van der Waals surface area contributed by atoms with Crippen LogP contribution in [0.2, 0.25) is 0 Å². The lowest BCUT2D eigenvalue weighted by atomic mass is 10.0. The second-order valence-corrected chi connectivity index (χ2v) is 5.30. The van der Waals surface area contributed by atoms with Crippen molar-refractivity contribution >= 4 is 11.4 Å². The van der Waals surface area contributed by atoms with E-state index in [-0.39, 0.29) is 5.69 Å². The van der Waals surface area contributed by atoms with Crippen LogP contribution in [-0.4, -0.2) is 4.92 Å². The third-order valence-corrected chi connectivity index (χ3v) is 3.39. The van der Waals surface area contributed by atoms with Gasteiger partial charge in [0.05, 0.1) is 17.2 Å². The zero-order valence-electron chi connectivity index (χ0n) is 12.2. The monoisotopic (exact) mass is 285 g/mol. The Kier molecular flexibility index (Phi) is 4.55. The summed E-state index contributed by atoms with van der Waals surface area (Å²) in [6, 6.07) is 14.5. The van der Waals surface area contributed by atoms with Crippen molar-refractivity contribution in [3.8, 4) is 0 Å². The molecule has 21 heavy (non-hydrogen) atoms. The van der Waals surface area contributed by atoms with E-state index in [1.807, 2.05) is 12.1 Å². The topological polar surface area (TPSA) is 72.4 Å². The van der Waals surface area contributed by atoms with E-state index in [1.165, 1.54) is 17.7 Å². The molecule has 0 aromatic heterocycles. The number of benzene rings is 2. The number of rotatable bonds is 5. The van der Waals surface area contributed by atoms with E-state index in [2.05, 4.69) is 26.0 Å². The third-order valence-electron chi connectivity index (χ3n) is 3.39. The maximum absolute atomic E-state index is 10.6. The van der Waals surface area contributed by atoms with Crippen LogP contribution in [0.5, 0.6) is 0 Å². The molecule has 0 aliphatic heterocycles. The predicted octanol–water partition coefficient (Wildman–Crippen LogP) is 3.60. The van der Waals surface area contributed by atoms with Gasteiger partial charge < -0.3 is 5.01 Å². The number of nitrogens with two attached hydrogens (primary N) is 1. The number of non-ortho nitro benzene ring substituents is 1. The van der Waals surface area contributed by atoms with Crippen LogP contribution in [0.3, 0.4) is 0 Å². The van der Waals surface area contributed by atoms with E-state index in [0.717, 1.165) is 11.3 Å². The molecule has 0 saturated heterocycles. The molecular formula is C16H19N3O2. The van der Waals surface area contributed by atoms with E-state index in [1.54, 1.807) is 17.1 Å². The van der Waals surface area contributed by atoms with E-state index < -0.39 is 4.92 Å². The lowest BCUT2D eigenvalue weighted by Crippen LogP contribution is -2.29. The number of hydrogen-bond donors (Lipinski definition) is 1. The van der Waals surface area contributed by atoms with Crippen molar-refractivity contribution in [2.45, 2.75) is 26.3 Å². The Morgan fingerprint density at radius 2 is 1.67 bits per heavy atom. The molecular weight excluding hydrogens is 266 g/mol. The van der Waals surface area contributed by atoms with Gasteiger partial charge in [0.1, 0.15) is 0 Å². The molecule has 0 heterocycles. The van der Waals surface area contributed by atoms with Gasteiger partial charge in [-0.05, 0) is 29.2 Å². The summed E-state index contributed by atoms with van der Waals surface area (Å²) in [5, 5.41) is 12.2. The number of nitro groups is 1. The van der Waals surface area contributed by atoms with Crippen LogP contribution in [0, 0.1) is 10.1 Å². The predicted molar refractivity (Wildman–Crippen MR) is 84.0 cm³/mol. The van der Waals surface area contributed by atoms with Gasteiger partial charge in [0.25, 0.3) is 5.69 Å². The third kappa shape index (κ3) is 3.79. The van der Waals surface area contributed by atoms with Crippen molar-refractivity contribution in [1.29, 1.82) is 0 Å². The molecule has 0 unspecified atom stereocenters. The van der Waals surface area contributed by atoms with Crippen molar-refractivity contribution in [2.75, 3.05) is 5.01 Å². The minimum absolute atomic E-state index is 0.0867. The van der Waals surface area contributed by atoms with Crippen molar-refractivity contribution in [3.63, 3.8) is 0 Å². The molecule has 0 fully saturated rings. The average molecular weight is 285 g/mol. The summed E-state index contributed by atoms with van der Waals surface area (Å²) in [5.74, 6) is 6.54. The van der Waals surface area contributed by atoms with Crippen molar-refractivity contribution in [1.82, 2.24) is 0 Å². The Morgan fingerprint density at radius 1 is 1.10 bits per heavy atom. The minimum Gasteiger partial charge on any atom is -0.307 e. The Morgan fingerprint density at radius 3 is 2.14 bits per heavy atom. The molecule has 0 radical (unpaired) electrons. The van der Waals surface area contributed by atoms with E-state index in [9.17, 15) is 10.1 Å². The smallest absolute Gasteiger partial charge is 0.269 e. The van der Waals surface area contributed by atoms with Crippen LogP contribution < -0.4 is 10.9 Å². The Labute approximate surface area is 124 Å². The van der Waals surface area contributed by atoms with Gasteiger partial charge in [0, 0.05) is 12.1 Å². The van der Waals surface area contributed by atoms with E-state index in [0.29, 0.717) is 12.5 Å². The molecule has 0 spiro atoms. The summed E-state index contributed by atoms with van der Waals surface area (Å²) < 4.78 is 0. The molecule has 0 aliphatic rings. The Balaban J connectivity index is 2.06. The summed E-state index contributed by atoms with van der Waals surface area (Å²) >= 11 is 0. The number of hydrazine groups is 1. The fourth-order valence-electron chi connectivity index (χ4n) is 2.06. The fourth-order valence-corrected chi connectivity index (χ4v) is 2.06. The van der Waals surface area contributed by atoms with Crippen molar-refractivity contribution in [3.05, 3.63) is 69.8 Å². The first-order chi connectivity index (χ1) is 9.97. The van der Waals surface area contributed by atoms with Crippen LogP contribution in [0.25, 0.3) is 0 Å². The molecule has 0 saturated carbocycles. The highest BCUT2D eigenvalue weighted by Crippen LogP contribution is 2.20. The molecule has 2 aromatic carbocycles. The van der Waals surface area contributed by atoms with Crippen LogP contribution in [0.4, 0.5) is 11.4 Å². The highest BCUT2D eigenvalue weighted by Gasteiger charge is 2.07. The zero-order valence-corrected chi connectivity index (χ0v) is 12.2. The normalized spacial score (nSPS) is 10.7. The van der Waals surface area contributed by atoms with Gasteiger partial charge in [0.15, 0.2) is 0 Å². The standard InChI is InChI=1S/C16H19N3O2/c1-12(2)14-5-9-15(10-6-14)18(17)11-13-3-7-16(8-4-13)19(20)21/h3-10,12H,11,17H2,1-2H3. The van der Waals surface area contributed by atoms with Gasteiger partial charge in [-0.3, -0.25) is 10.1 Å². The minimum atomic E-state index is -0.408. The van der Waals surface area contributed by atoms with Crippen LogP contribution >= 0.6 is 0 Å². The summed E-state index contributed by atoms with van der Waals surface area (Å²) in [7, 11) is 0. The molecule has 2 aromatic rings.